The van der Waals surface area contributed by atoms with Gasteiger partial charge in [-0.3, -0.25) is 0 Å². The van der Waals surface area contributed by atoms with Crippen LogP contribution in [0.25, 0.3) is 43.1 Å². The van der Waals surface area contributed by atoms with Gasteiger partial charge in [-0.2, -0.15) is 0 Å². The molecule has 0 bridgehead atoms. The number of benzene rings is 11. The fourth-order valence-corrected chi connectivity index (χ4v) is 11.0. The summed E-state index contributed by atoms with van der Waals surface area (Å²) >= 11 is 0. The number of nitrogens with zero attached hydrogens (tertiary/aromatic N) is 3. The summed E-state index contributed by atoms with van der Waals surface area (Å²) in [5.41, 5.74) is 15.7. The zero-order chi connectivity index (χ0) is 54.0. The lowest BCUT2D eigenvalue weighted by Crippen LogP contribution is -2.14. The van der Waals surface area contributed by atoms with Crippen LogP contribution in [-0.4, -0.2) is 0 Å². The lowest BCUT2D eigenvalue weighted by molar-refractivity contribution is 0.590. The summed E-state index contributed by atoms with van der Waals surface area (Å²) in [6.07, 6.45) is 0. The van der Waals surface area contributed by atoms with Crippen molar-refractivity contribution in [1.82, 2.24) is 0 Å². The average Bonchev–Trinajstić information content (AvgIpc) is 3.45. The Hall–Kier alpha value is -8.14. The molecule has 0 atom stereocenters. The van der Waals surface area contributed by atoms with E-state index in [1.165, 1.54) is 65.3 Å². The van der Waals surface area contributed by atoms with Gasteiger partial charge in [0.15, 0.2) is 0 Å². The zero-order valence-corrected chi connectivity index (χ0v) is 47.2. The molecule has 3 nitrogen and oxygen atoms in total. The fraction of sp³-hybridized carbons (Fsp3) is 0.216. The van der Waals surface area contributed by atoms with Crippen molar-refractivity contribution in [2.75, 3.05) is 14.7 Å². The topological polar surface area (TPSA) is 9.72 Å². The molecule has 11 aromatic carbocycles. The van der Waals surface area contributed by atoms with E-state index >= 15 is 0 Å². The number of hydrogen-bond acceptors (Lipinski definition) is 3. The molecule has 0 saturated heterocycles. The van der Waals surface area contributed by atoms with Gasteiger partial charge in [0, 0.05) is 51.2 Å². The minimum atomic E-state index is 0.0712. The molecule has 0 radical (unpaired) electrons. The molecule has 0 N–H and O–H groups in total. The van der Waals surface area contributed by atoms with Crippen LogP contribution in [0.2, 0.25) is 0 Å². The molecular weight excluding hydrogens is 931 g/mol. The van der Waals surface area contributed by atoms with Gasteiger partial charge in [-0.15, -0.1) is 0 Å². The maximum absolute atomic E-state index is 2.39. The van der Waals surface area contributed by atoms with E-state index in [0.29, 0.717) is 0 Å². The first kappa shape index (κ1) is 51.0. The standard InChI is InChI=1S/C74H73N3/c1-71(2,3)54-22-30-59(31-23-54)75(60-32-24-55(25-33-60)72(4,5)6)63-38-42-67-50(46-63)18-20-52-48-65(40-44-69(52)67)77(58-16-14-13-15-17-58)66-41-45-70-53(49-66)21-19-51-47-64(39-43-68(51)70)76(61-34-26-56(27-35-61)73(7,8)9)62-36-28-57(29-37-62)74(10,11)12/h13-49H,1-12H3. The van der Waals surface area contributed by atoms with E-state index in [9.17, 15) is 0 Å². The van der Waals surface area contributed by atoms with Crippen LogP contribution in [0.5, 0.6) is 0 Å². The average molecular weight is 1000 g/mol. The third-order valence-corrected chi connectivity index (χ3v) is 15.6. The SMILES string of the molecule is CC(C)(C)c1ccc(N(c2ccc(C(C)(C)C)cc2)c2ccc3c(ccc4cc(N(c5ccccc5)c5ccc6c(ccc7cc(N(c8ccc(C(C)(C)C)cc8)c8ccc(C(C)(C)C)cc8)ccc76)c5)ccc43)c2)cc1. The summed E-state index contributed by atoms with van der Waals surface area (Å²) in [5.74, 6) is 0. The first-order valence-corrected chi connectivity index (χ1v) is 27.5. The van der Waals surface area contributed by atoms with E-state index in [4.69, 9.17) is 0 Å². The Morgan fingerprint density at radius 2 is 0.390 bits per heavy atom. The Bertz CT molecular complexity index is 3560. The van der Waals surface area contributed by atoms with E-state index in [-0.39, 0.29) is 21.7 Å². The molecule has 3 heteroatoms. The van der Waals surface area contributed by atoms with Gasteiger partial charge in [0.05, 0.1) is 0 Å². The van der Waals surface area contributed by atoms with E-state index < -0.39 is 0 Å². The summed E-state index contributed by atoms with van der Waals surface area (Å²) in [6, 6.07) is 84.1. The Morgan fingerprint density at radius 3 is 0.610 bits per heavy atom. The predicted octanol–water partition coefficient (Wildman–Crippen LogP) is 21.9. The van der Waals surface area contributed by atoms with Crippen LogP contribution in [0.15, 0.2) is 224 Å². The van der Waals surface area contributed by atoms with Crippen molar-refractivity contribution in [3.05, 3.63) is 247 Å². The number of anilines is 9. The van der Waals surface area contributed by atoms with E-state index in [0.717, 1.165) is 51.2 Å². The third kappa shape index (κ3) is 10.2. The molecule has 11 rings (SSSR count). The monoisotopic (exact) mass is 1000 g/mol. The normalized spacial score (nSPS) is 12.4. The molecule has 11 aromatic rings. The summed E-state index contributed by atoms with van der Waals surface area (Å²) < 4.78 is 0. The molecule has 0 unspecified atom stereocenters. The zero-order valence-electron chi connectivity index (χ0n) is 47.2. The van der Waals surface area contributed by atoms with Crippen molar-refractivity contribution < 1.29 is 0 Å². The van der Waals surface area contributed by atoms with Crippen molar-refractivity contribution in [2.24, 2.45) is 0 Å². The predicted molar refractivity (Wildman–Crippen MR) is 335 cm³/mol. The first-order chi connectivity index (χ1) is 36.7. The highest BCUT2D eigenvalue weighted by atomic mass is 15.2. The maximum Gasteiger partial charge on any atom is 0.0468 e. The lowest BCUT2D eigenvalue weighted by Gasteiger charge is -2.28. The molecule has 0 aromatic heterocycles. The van der Waals surface area contributed by atoms with Crippen LogP contribution in [0, 0.1) is 0 Å². The molecule has 0 saturated carbocycles. The van der Waals surface area contributed by atoms with Crippen LogP contribution < -0.4 is 14.7 Å². The van der Waals surface area contributed by atoms with Gasteiger partial charge < -0.3 is 14.7 Å². The molecule has 384 valence electrons. The second-order valence-electron chi connectivity index (χ2n) is 25.3. The van der Waals surface area contributed by atoms with Gasteiger partial charge in [0.1, 0.15) is 0 Å². The fourth-order valence-electron chi connectivity index (χ4n) is 11.0. The second kappa shape index (κ2) is 19.5. The van der Waals surface area contributed by atoms with Crippen molar-refractivity contribution in [3.8, 4) is 0 Å². The van der Waals surface area contributed by atoms with Gasteiger partial charge in [-0.25, -0.2) is 0 Å². The molecule has 0 aliphatic heterocycles. The molecule has 0 spiro atoms. The molecule has 0 heterocycles. The minimum absolute atomic E-state index is 0.0712. The maximum atomic E-state index is 2.39. The summed E-state index contributed by atoms with van der Waals surface area (Å²) in [5, 5.41) is 9.73. The molecular formula is C74H73N3. The van der Waals surface area contributed by atoms with Crippen molar-refractivity contribution in [2.45, 2.75) is 105 Å². The third-order valence-electron chi connectivity index (χ3n) is 15.6. The van der Waals surface area contributed by atoms with Gasteiger partial charge in [-0.1, -0.05) is 198 Å². The molecule has 0 amide bonds. The van der Waals surface area contributed by atoms with Crippen LogP contribution in [0.3, 0.4) is 0 Å². The van der Waals surface area contributed by atoms with Gasteiger partial charge in [-0.05, 0) is 196 Å². The van der Waals surface area contributed by atoms with Crippen LogP contribution >= 0.6 is 0 Å². The van der Waals surface area contributed by atoms with Gasteiger partial charge >= 0.3 is 0 Å². The van der Waals surface area contributed by atoms with E-state index in [1.807, 2.05) is 0 Å². The van der Waals surface area contributed by atoms with Crippen molar-refractivity contribution >= 4 is 94.3 Å². The highest BCUT2D eigenvalue weighted by Gasteiger charge is 2.23. The summed E-state index contributed by atoms with van der Waals surface area (Å²) in [6.45, 7) is 27.3. The highest BCUT2D eigenvalue weighted by molar-refractivity contribution is 6.11. The van der Waals surface area contributed by atoms with Crippen LogP contribution in [-0.2, 0) is 21.7 Å². The quantitative estimate of drug-likeness (QED) is 0.133. The van der Waals surface area contributed by atoms with E-state index in [1.54, 1.807) is 0 Å². The Morgan fingerprint density at radius 1 is 0.195 bits per heavy atom. The summed E-state index contributed by atoms with van der Waals surface area (Å²) in [7, 11) is 0. The highest BCUT2D eigenvalue weighted by Crippen LogP contribution is 2.44. The number of fused-ring (bicyclic) bond motifs is 6. The largest absolute Gasteiger partial charge is 0.310 e. The van der Waals surface area contributed by atoms with Gasteiger partial charge in [0.25, 0.3) is 0 Å². The Balaban J connectivity index is 0.945. The molecule has 0 aliphatic rings. The Kier molecular flexibility index (Phi) is 12.9. The van der Waals surface area contributed by atoms with E-state index in [2.05, 4.69) is 322 Å². The molecule has 0 fully saturated rings. The van der Waals surface area contributed by atoms with Crippen LogP contribution in [0.1, 0.15) is 105 Å². The van der Waals surface area contributed by atoms with Crippen molar-refractivity contribution in [1.29, 1.82) is 0 Å². The molecule has 77 heavy (non-hydrogen) atoms. The van der Waals surface area contributed by atoms with Crippen molar-refractivity contribution in [3.63, 3.8) is 0 Å². The lowest BCUT2D eigenvalue weighted by atomic mass is 9.86. The van der Waals surface area contributed by atoms with Crippen LogP contribution in [0.4, 0.5) is 51.2 Å². The summed E-state index contributed by atoms with van der Waals surface area (Å²) in [4.78, 5) is 7.17. The van der Waals surface area contributed by atoms with Gasteiger partial charge in [0.2, 0.25) is 0 Å². The smallest absolute Gasteiger partial charge is 0.0468 e. The first-order valence-electron chi connectivity index (χ1n) is 27.5. The second-order valence-corrected chi connectivity index (χ2v) is 25.3. The number of rotatable bonds is 9. The number of para-hydroxylation sites is 1. The number of hydrogen-bond donors (Lipinski definition) is 0. The molecule has 0 aliphatic carbocycles. The minimum Gasteiger partial charge on any atom is -0.310 e. The Labute approximate surface area is 458 Å².